The fourth-order valence-corrected chi connectivity index (χ4v) is 4.49. The van der Waals surface area contributed by atoms with E-state index in [1.165, 1.54) is 11.3 Å². The number of thiophene rings is 1. The van der Waals surface area contributed by atoms with Gasteiger partial charge < -0.3 is 15.7 Å². The molecule has 5 nitrogen and oxygen atoms in total. The average Bonchev–Trinajstić information content (AvgIpc) is 3.05. The minimum atomic E-state index is -0.156. The number of nitrogens with one attached hydrogen (secondary N) is 2. The van der Waals surface area contributed by atoms with E-state index in [1.807, 2.05) is 37.3 Å². The number of pyridine rings is 2. The predicted octanol–water partition coefficient (Wildman–Crippen LogP) is 3.78. The molecule has 0 aliphatic carbocycles. The fourth-order valence-electron chi connectivity index (χ4n) is 3.58. The van der Waals surface area contributed by atoms with Crippen molar-refractivity contribution in [1.82, 2.24) is 9.97 Å². The molecule has 0 saturated heterocycles. The van der Waals surface area contributed by atoms with Gasteiger partial charge in [0.05, 0.1) is 11.1 Å². The molecule has 0 radical (unpaired) electrons. The summed E-state index contributed by atoms with van der Waals surface area (Å²) in [5.74, 6) is 0.259. The van der Waals surface area contributed by atoms with Gasteiger partial charge >= 0.3 is 0 Å². The first kappa shape index (κ1) is 17.7. The lowest BCUT2D eigenvalue weighted by Crippen LogP contribution is -2.15. The molecule has 0 spiro atoms. The summed E-state index contributed by atoms with van der Waals surface area (Å²) in [6.07, 6.45) is 0. The van der Waals surface area contributed by atoms with Crippen molar-refractivity contribution in [3.8, 4) is 11.1 Å². The number of fused-ring (bicyclic) bond motifs is 3. The van der Waals surface area contributed by atoms with Crippen LogP contribution in [0.2, 0.25) is 0 Å². The molecule has 4 N–H and O–H groups in total. The molecule has 0 fully saturated rings. The van der Waals surface area contributed by atoms with Crippen molar-refractivity contribution in [2.45, 2.75) is 26.7 Å². The third-order valence-corrected chi connectivity index (χ3v) is 6.14. The molecule has 1 aromatic carbocycles. The quantitative estimate of drug-likeness (QED) is 0.506. The lowest BCUT2D eigenvalue weighted by molar-refractivity contribution is 0.774. The van der Waals surface area contributed by atoms with E-state index in [1.54, 1.807) is 6.92 Å². The smallest absolute Gasteiger partial charge is 0.266 e. The van der Waals surface area contributed by atoms with Crippen LogP contribution in [0.3, 0.4) is 0 Å². The maximum atomic E-state index is 12.9. The van der Waals surface area contributed by atoms with E-state index in [2.05, 4.69) is 16.9 Å². The van der Waals surface area contributed by atoms with Gasteiger partial charge in [-0.15, -0.1) is 11.3 Å². The minimum Gasteiger partial charge on any atom is -0.330 e. The normalized spacial score (nSPS) is 12.7. The number of aromatic nitrogens is 2. The van der Waals surface area contributed by atoms with Crippen molar-refractivity contribution < 1.29 is 0 Å². The molecule has 0 amide bonds. The SMILES string of the molecule is Cc1cc2c(s1)c(=O)[nH]c1c(C)[nH]c(=O)c(-c3ccc(C(C)CN)cc3)c12. The van der Waals surface area contributed by atoms with E-state index in [0.29, 0.717) is 28.0 Å². The third kappa shape index (κ3) is 2.81. The number of hydrogen-bond donors (Lipinski definition) is 3. The second-order valence-electron chi connectivity index (χ2n) is 7.02. The highest BCUT2D eigenvalue weighted by molar-refractivity contribution is 7.19. The molecule has 6 heteroatoms. The number of rotatable bonds is 3. The highest BCUT2D eigenvalue weighted by atomic mass is 32.1. The Balaban J connectivity index is 2.10. The van der Waals surface area contributed by atoms with Crippen LogP contribution in [-0.2, 0) is 0 Å². The summed E-state index contributed by atoms with van der Waals surface area (Å²) in [6, 6.07) is 9.93. The van der Waals surface area contributed by atoms with E-state index in [-0.39, 0.29) is 17.0 Å². The summed E-state index contributed by atoms with van der Waals surface area (Å²) in [5, 5.41) is 1.63. The lowest BCUT2D eigenvalue weighted by atomic mass is 9.95. The number of H-pyrrole nitrogens is 2. The van der Waals surface area contributed by atoms with E-state index < -0.39 is 0 Å². The first-order chi connectivity index (χ1) is 12.9. The van der Waals surface area contributed by atoms with Crippen molar-refractivity contribution in [2.24, 2.45) is 5.73 Å². The Kier molecular flexibility index (Phi) is 4.25. The Labute approximate surface area is 159 Å². The van der Waals surface area contributed by atoms with Crippen LogP contribution in [0.5, 0.6) is 0 Å². The largest absolute Gasteiger partial charge is 0.330 e. The van der Waals surface area contributed by atoms with Crippen LogP contribution in [-0.4, -0.2) is 16.5 Å². The zero-order valence-electron chi connectivity index (χ0n) is 15.5. The molecule has 1 atom stereocenters. The topological polar surface area (TPSA) is 91.7 Å². The molecule has 0 bridgehead atoms. The molecule has 4 aromatic rings. The van der Waals surface area contributed by atoms with Gasteiger partial charge in [-0.2, -0.15) is 0 Å². The van der Waals surface area contributed by atoms with Crippen molar-refractivity contribution in [2.75, 3.05) is 6.54 Å². The van der Waals surface area contributed by atoms with Gasteiger partial charge in [0, 0.05) is 21.3 Å². The van der Waals surface area contributed by atoms with Gasteiger partial charge in [0.25, 0.3) is 11.1 Å². The summed E-state index contributed by atoms with van der Waals surface area (Å²) < 4.78 is 0.652. The van der Waals surface area contributed by atoms with E-state index in [4.69, 9.17) is 5.73 Å². The summed E-state index contributed by atoms with van der Waals surface area (Å²) in [7, 11) is 0. The Hall–Kier alpha value is -2.70. The number of nitrogens with two attached hydrogens (primary N) is 1. The van der Waals surface area contributed by atoms with Gasteiger partial charge in [0.2, 0.25) is 0 Å². The molecule has 3 heterocycles. The minimum absolute atomic E-state index is 0.121. The van der Waals surface area contributed by atoms with E-state index in [9.17, 15) is 9.59 Å². The molecule has 4 rings (SSSR count). The molecule has 27 heavy (non-hydrogen) atoms. The second kappa shape index (κ2) is 6.48. The van der Waals surface area contributed by atoms with Gasteiger partial charge in [-0.1, -0.05) is 31.2 Å². The van der Waals surface area contributed by atoms with Gasteiger partial charge in [-0.05, 0) is 43.5 Å². The van der Waals surface area contributed by atoms with E-state index in [0.717, 1.165) is 26.8 Å². The number of aromatic amines is 2. The van der Waals surface area contributed by atoms with Gasteiger partial charge in [0.1, 0.15) is 4.70 Å². The summed E-state index contributed by atoms with van der Waals surface area (Å²) in [4.78, 5) is 32.3. The van der Waals surface area contributed by atoms with Crippen LogP contribution >= 0.6 is 11.3 Å². The van der Waals surface area contributed by atoms with Crippen molar-refractivity contribution in [1.29, 1.82) is 0 Å². The van der Waals surface area contributed by atoms with E-state index >= 15 is 0 Å². The first-order valence-corrected chi connectivity index (χ1v) is 9.71. The average molecular weight is 379 g/mol. The molecule has 1 unspecified atom stereocenters. The maximum Gasteiger partial charge on any atom is 0.266 e. The first-order valence-electron chi connectivity index (χ1n) is 8.90. The van der Waals surface area contributed by atoms with Crippen LogP contribution in [0.15, 0.2) is 39.9 Å². The fraction of sp³-hybridized carbons (Fsp3) is 0.238. The van der Waals surface area contributed by atoms with Crippen LogP contribution in [0.1, 0.15) is 29.0 Å². The molecule has 0 aliphatic rings. The molecule has 0 saturated carbocycles. The van der Waals surface area contributed by atoms with Gasteiger partial charge in [-0.3, -0.25) is 9.59 Å². The Morgan fingerprint density at radius 2 is 1.78 bits per heavy atom. The van der Waals surface area contributed by atoms with Crippen molar-refractivity contribution >= 4 is 32.3 Å². The standard InChI is InChI=1S/C21H21N3O2S/c1-10(9-22)13-4-6-14(7-5-13)16-17-15-8-11(2)27-19(15)21(26)24-18(17)12(3)23-20(16)25/h4-8,10H,9,22H2,1-3H3,(H,23,25)(H,24,26). The number of hydrogen-bond acceptors (Lipinski definition) is 4. The zero-order chi connectivity index (χ0) is 19.3. The molecular weight excluding hydrogens is 358 g/mol. The zero-order valence-corrected chi connectivity index (χ0v) is 16.3. The number of aryl methyl sites for hydroxylation is 2. The summed E-state index contributed by atoms with van der Waals surface area (Å²) in [5.41, 5.74) is 9.37. The maximum absolute atomic E-state index is 12.9. The highest BCUT2D eigenvalue weighted by Crippen LogP contribution is 2.34. The second-order valence-corrected chi connectivity index (χ2v) is 8.27. The van der Waals surface area contributed by atoms with Crippen LogP contribution in [0.25, 0.3) is 32.1 Å². The van der Waals surface area contributed by atoms with Crippen LogP contribution < -0.4 is 16.9 Å². The Bertz CT molecular complexity index is 1280. The monoisotopic (exact) mass is 379 g/mol. The van der Waals surface area contributed by atoms with Crippen molar-refractivity contribution in [3.63, 3.8) is 0 Å². The highest BCUT2D eigenvalue weighted by Gasteiger charge is 2.18. The van der Waals surface area contributed by atoms with Crippen LogP contribution in [0.4, 0.5) is 0 Å². The Morgan fingerprint density at radius 1 is 1.07 bits per heavy atom. The predicted molar refractivity (Wildman–Crippen MR) is 113 cm³/mol. The summed E-state index contributed by atoms with van der Waals surface area (Å²) in [6.45, 7) is 6.42. The molecule has 138 valence electrons. The van der Waals surface area contributed by atoms with Crippen LogP contribution in [0, 0.1) is 13.8 Å². The summed E-state index contributed by atoms with van der Waals surface area (Å²) >= 11 is 1.45. The van der Waals surface area contributed by atoms with Crippen molar-refractivity contribution in [3.05, 3.63) is 67.2 Å². The van der Waals surface area contributed by atoms with Gasteiger partial charge in [-0.25, -0.2) is 0 Å². The lowest BCUT2D eigenvalue weighted by Gasteiger charge is -2.12. The Morgan fingerprint density at radius 3 is 2.44 bits per heavy atom. The molecule has 0 aliphatic heterocycles. The van der Waals surface area contributed by atoms with Gasteiger partial charge in [0.15, 0.2) is 0 Å². The molecular formula is C21H21N3O2S. The third-order valence-electron chi connectivity index (χ3n) is 5.09. The molecule has 3 aromatic heterocycles. The number of benzene rings is 1.